The number of fused-ring (bicyclic) bond motifs is 1. The third kappa shape index (κ3) is 5.06. The fraction of sp³-hybridized carbons (Fsp3) is 0.318. The lowest BCUT2D eigenvalue weighted by Gasteiger charge is -2.32. The van der Waals surface area contributed by atoms with Gasteiger partial charge in [-0.15, -0.1) is 5.10 Å². The van der Waals surface area contributed by atoms with Gasteiger partial charge in [-0.1, -0.05) is 35.5 Å². The van der Waals surface area contributed by atoms with E-state index in [-0.39, 0.29) is 36.5 Å². The molecule has 0 saturated carbocycles. The van der Waals surface area contributed by atoms with Crippen LogP contribution >= 0.6 is 0 Å². The smallest absolute Gasteiger partial charge is 0.319 e. The third-order valence-electron chi connectivity index (χ3n) is 5.38. The van der Waals surface area contributed by atoms with E-state index in [1.165, 1.54) is 4.68 Å². The van der Waals surface area contributed by atoms with Gasteiger partial charge < -0.3 is 15.5 Å². The first-order valence-corrected chi connectivity index (χ1v) is 10.3. The number of urea groups is 1. The Morgan fingerprint density at radius 1 is 1.00 bits per heavy atom. The minimum atomic E-state index is -0.245. The van der Waals surface area contributed by atoms with Crippen LogP contribution in [0.1, 0.15) is 19.3 Å². The highest BCUT2D eigenvalue weighted by atomic mass is 16.2. The summed E-state index contributed by atoms with van der Waals surface area (Å²) in [5, 5.41) is 14.2. The van der Waals surface area contributed by atoms with Crippen LogP contribution in [0.3, 0.4) is 0 Å². The van der Waals surface area contributed by atoms with Crippen LogP contribution in [0.4, 0.5) is 10.5 Å². The van der Waals surface area contributed by atoms with Crippen molar-refractivity contribution in [1.82, 2.24) is 25.2 Å². The second-order valence-corrected chi connectivity index (χ2v) is 7.50. The molecule has 4 rings (SSSR count). The number of anilines is 1. The second kappa shape index (κ2) is 9.38. The molecule has 1 aromatic heterocycles. The molecule has 1 saturated heterocycles. The zero-order valence-corrected chi connectivity index (χ0v) is 17.0. The Bertz CT molecular complexity index is 1120. The summed E-state index contributed by atoms with van der Waals surface area (Å²) in [6.45, 7) is 1.31. The lowest BCUT2D eigenvalue weighted by Crippen LogP contribution is -2.47. The highest BCUT2D eigenvalue weighted by Gasteiger charge is 2.24. The lowest BCUT2D eigenvalue weighted by molar-refractivity contribution is -0.132. The van der Waals surface area contributed by atoms with Gasteiger partial charge in [-0.2, -0.15) is 0 Å². The Balaban J connectivity index is 1.24. The molecular formula is C22H24N6O3. The first-order valence-electron chi connectivity index (χ1n) is 10.3. The maximum atomic E-state index is 12.6. The van der Waals surface area contributed by atoms with Gasteiger partial charge in [-0.05, 0) is 37.1 Å². The van der Waals surface area contributed by atoms with Gasteiger partial charge in [0.25, 0.3) is 5.56 Å². The molecule has 0 aliphatic carbocycles. The normalized spacial score (nSPS) is 14.4. The van der Waals surface area contributed by atoms with Crippen LogP contribution in [-0.4, -0.2) is 51.0 Å². The van der Waals surface area contributed by atoms with Crippen molar-refractivity contribution in [1.29, 1.82) is 0 Å². The van der Waals surface area contributed by atoms with Gasteiger partial charge in [0, 0.05) is 31.2 Å². The molecule has 0 bridgehead atoms. The molecule has 2 heterocycles. The van der Waals surface area contributed by atoms with E-state index in [1.54, 1.807) is 29.2 Å². The molecule has 2 aromatic carbocycles. The molecule has 3 amide bonds. The number of para-hydroxylation sites is 1. The number of hydrogen-bond acceptors (Lipinski definition) is 5. The Morgan fingerprint density at radius 2 is 1.71 bits per heavy atom. The number of aryl methyl sites for hydroxylation is 1. The molecule has 0 radical (unpaired) electrons. The Kier molecular flexibility index (Phi) is 6.21. The first kappa shape index (κ1) is 20.5. The summed E-state index contributed by atoms with van der Waals surface area (Å²) in [4.78, 5) is 39.0. The van der Waals surface area contributed by atoms with E-state index in [0.717, 1.165) is 5.69 Å². The fourth-order valence-electron chi connectivity index (χ4n) is 3.68. The summed E-state index contributed by atoms with van der Waals surface area (Å²) in [5.41, 5.74) is 1.03. The molecule has 0 atom stereocenters. The lowest BCUT2D eigenvalue weighted by atomic mass is 10.0. The molecule has 3 aromatic rings. The van der Waals surface area contributed by atoms with Crippen molar-refractivity contribution in [2.24, 2.45) is 0 Å². The van der Waals surface area contributed by atoms with Crippen molar-refractivity contribution in [2.75, 3.05) is 18.4 Å². The number of hydrogen-bond donors (Lipinski definition) is 2. The van der Waals surface area contributed by atoms with E-state index < -0.39 is 0 Å². The summed E-state index contributed by atoms with van der Waals surface area (Å²) in [6, 6.07) is 16.0. The monoisotopic (exact) mass is 420 g/mol. The maximum Gasteiger partial charge on any atom is 0.319 e. The number of likely N-dealkylation sites (tertiary alicyclic amines) is 1. The molecule has 1 fully saturated rings. The standard InChI is InChI=1S/C22H24N6O3/c29-20(12-15-28-21(30)18-8-4-5-9-19(18)25-26-28)27-13-10-17(11-14-27)24-22(31)23-16-6-2-1-3-7-16/h1-9,17H,10-15H2,(H2,23,24,31). The van der Waals surface area contributed by atoms with Gasteiger partial charge in [-0.3, -0.25) is 9.59 Å². The molecule has 160 valence electrons. The predicted octanol–water partition coefficient (Wildman–Crippen LogP) is 1.99. The van der Waals surface area contributed by atoms with Crippen molar-refractivity contribution in [3.8, 4) is 0 Å². The van der Waals surface area contributed by atoms with Crippen LogP contribution in [0.15, 0.2) is 59.4 Å². The predicted molar refractivity (Wildman–Crippen MR) is 117 cm³/mol. The Labute approximate surface area is 179 Å². The molecule has 9 nitrogen and oxygen atoms in total. The summed E-state index contributed by atoms with van der Waals surface area (Å²) >= 11 is 0. The number of nitrogens with one attached hydrogen (secondary N) is 2. The van der Waals surface area contributed by atoms with Crippen LogP contribution < -0.4 is 16.2 Å². The minimum absolute atomic E-state index is 0.0155. The average Bonchev–Trinajstić information content (AvgIpc) is 2.80. The zero-order chi connectivity index (χ0) is 21.6. The van der Waals surface area contributed by atoms with Gasteiger partial charge in [0.05, 0.1) is 11.9 Å². The molecular weight excluding hydrogens is 396 g/mol. The van der Waals surface area contributed by atoms with Crippen LogP contribution in [0, 0.1) is 0 Å². The van der Waals surface area contributed by atoms with Crippen molar-refractivity contribution >= 4 is 28.5 Å². The summed E-state index contributed by atoms with van der Waals surface area (Å²) in [7, 11) is 0. The maximum absolute atomic E-state index is 12.6. The number of nitrogens with zero attached hydrogens (tertiary/aromatic N) is 4. The summed E-state index contributed by atoms with van der Waals surface area (Å²) in [6.07, 6.45) is 1.55. The van der Waals surface area contributed by atoms with Gasteiger partial charge in [0.2, 0.25) is 5.91 Å². The SMILES string of the molecule is O=C(Nc1ccccc1)NC1CCN(C(=O)CCn2nnc3ccccc3c2=O)CC1. The largest absolute Gasteiger partial charge is 0.342 e. The number of aromatic nitrogens is 3. The molecule has 0 spiro atoms. The molecule has 9 heteroatoms. The molecule has 1 aliphatic rings. The average molecular weight is 420 g/mol. The van der Waals surface area contributed by atoms with E-state index in [4.69, 9.17) is 0 Å². The molecule has 2 N–H and O–H groups in total. The van der Waals surface area contributed by atoms with Crippen LogP contribution in [0.5, 0.6) is 0 Å². The minimum Gasteiger partial charge on any atom is -0.342 e. The van der Waals surface area contributed by atoms with E-state index in [2.05, 4.69) is 20.9 Å². The number of rotatable bonds is 5. The van der Waals surface area contributed by atoms with Gasteiger partial charge in [0.15, 0.2) is 0 Å². The fourth-order valence-corrected chi connectivity index (χ4v) is 3.68. The van der Waals surface area contributed by atoms with Crippen molar-refractivity contribution in [2.45, 2.75) is 31.8 Å². The number of carbonyl (C=O) groups is 2. The van der Waals surface area contributed by atoms with Crippen LogP contribution in [0.25, 0.3) is 10.9 Å². The van der Waals surface area contributed by atoms with Crippen molar-refractivity contribution in [3.05, 3.63) is 65.0 Å². The van der Waals surface area contributed by atoms with Gasteiger partial charge in [0.1, 0.15) is 5.52 Å². The number of benzene rings is 2. The second-order valence-electron chi connectivity index (χ2n) is 7.50. The van der Waals surface area contributed by atoms with E-state index in [1.807, 2.05) is 30.3 Å². The Morgan fingerprint density at radius 3 is 2.48 bits per heavy atom. The highest BCUT2D eigenvalue weighted by molar-refractivity contribution is 5.89. The highest BCUT2D eigenvalue weighted by Crippen LogP contribution is 2.13. The van der Waals surface area contributed by atoms with E-state index in [0.29, 0.717) is 36.8 Å². The first-order chi connectivity index (χ1) is 15.1. The van der Waals surface area contributed by atoms with Crippen molar-refractivity contribution in [3.63, 3.8) is 0 Å². The molecule has 31 heavy (non-hydrogen) atoms. The Hall–Kier alpha value is -3.75. The van der Waals surface area contributed by atoms with Crippen LogP contribution in [-0.2, 0) is 11.3 Å². The molecule has 0 unspecified atom stereocenters. The van der Waals surface area contributed by atoms with Gasteiger partial charge in [-0.25, -0.2) is 9.48 Å². The topological polar surface area (TPSA) is 109 Å². The summed E-state index contributed by atoms with van der Waals surface area (Å²) in [5.74, 6) is -0.0333. The van der Waals surface area contributed by atoms with E-state index in [9.17, 15) is 14.4 Å². The van der Waals surface area contributed by atoms with Crippen LogP contribution in [0.2, 0.25) is 0 Å². The quantitative estimate of drug-likeness (QED) is 0.656. The van der Waals surface area contributed by atoms with Gasteiger partial charge >= 0.3 is 6.03 Å². The third-order valence-corrected chi connectivity index (χ3v) is 5.38. The zero-order valence-electron chi connectivity index (χ0n) is 17.0. The van der Waals surface area contributed by atoms with E-state index >= 15 is 0 Å². The number of piperidine rings is 1. The summed E-state index contributed by atoms with van der Waals surface area (Å²) < 4.78 is 1.24. The number of carbonyl (C=O) groups excluding carboxylic acids is 2. The number of amides is 3. The molecule has 1 aliphatic heterocycles. The van der Waals surface area contributed by atoms with Crippen molar-refractivity contribution < 1.29 is 9.59 Å².